The van der Waals surface area contributed by atoms with Crippen LogP contribution in [0.25, 0.3) is 0 Å². The molecule has 7 nitrogen and oxygen atoms in total. The molecule has 0 saturated carbocycles. The highest BCUT2D eigenvalue weighted by molar-refractivity contribution is 7.91. The standard InChI is InChI=1S/C12H19F3N2O5S/c1-11(2,3)22-10(19)17-6-4-8(5-7-17)9(18)16-23(20,21)12(13,14)15/h8H,4-7H2,1-3H3,(H,16,18)/p-1. The number of alkyl halides is 3. The molecule has 0 unspecified atom stereocenters. The van der Waals surface area contributed by atoms with Gasteiger partial charge in [-0.25, -0.2) is 4.79 Å². The Hall–Kier alpha value is -1.52. The first-order valence-corrected chi connectivity index (χ1v) is 8.23. The van der Waals surface area contributed by atoms with E-state index in [0.717, 1.165) is 0 Å². The molecule has 11 heteroatoms. The van der Waals surface area contributed by atoms with Crippen molar-refractivity contribution in [3.05, 3.63) is 0 Å². The van der Waals surface area contributed by atoms with Gasteiger partial charge in [-0.05, 0) is 45.4 Å². The van der Waals surface area contributed by atoms with Gasteiger partial charge in [0.25, 0.3) is 0 Å². The van der Waals surface area contributed by atoms with Crippen LogP contribution in [0.15, 0.2) is 4.40 Å². The van der Waals surface area contributed by atoms with Crippen molar-refractivity contribution in [2.45, 2.75) is 44.7 Å². The maximum Gasteiger partial charge on any atom is 0.518 e. The minimum absolute atomic E-state index is 0.0228. The summed E-state index contributed by atoms with van der Waals surface area (Å²) in [5.41, 5.74) is -6.29. The Kier molecular flexibility index (Phi) is 5.55. The Morgan fingerprint density at radius 2 is 1.70 bits per heavy atom. The summed E-state index contributed by atoms with van der Waals surface area (Å²) >= 11 is 0. The molecule has 0 aromatic heterocycles. The van der Waals surface area contributed by atoms with Crippen LogP contribution in [-0.4, -0.2) is 49.5 Å². The normalized spacial score (nSPS) is 18.9. The second kappa shape index (κ2) is 6.54. The van der Waals surface area contributed by atoms with E-state index >= 15 is 0 Å². The van der Waals surface area contributed by atoms with Crippen LogP contribution in [0.4, 0.5) is 18.0 Å². The fourth-order valence-corrected chi connectivity index (χ4v) is 2.37. The third kappa shape index (κ3) is 5.56. The predicted octanol–water partition coefficient (Wildman–Crippen LogP) is 1.24. The van der Waals surface area contributed by atoms with Crippen LogP contribution < -0.4 is 5.11 Å². The average molecular weight is 359 g/mol. The predicted molar refractivity (Wildman–Crippen MR) is 72.9 cm³/mol. The van der Waals surface area contributed by atoms with Crippen LogP contribution in [0.2, 0.25) is 0 Å². The van der Waals surface area contributed by atoms with Crippen molar-refractivity contribution in [2.24, 2.45) is 10.3 Å². The topological polar surface area (TPSA) is 99.1 Å². The molecule has 0 bridgehead atoms. The zero-order valence-corrected chi connectivity index (χ0v) is 13.7. The van der Waals surface area contributed by atoms with Crippen molar-refractivity contribution in [3.63, 3.8) is 0 Å². The summed E-state index contributed by atoms with van der Waals surface area (Å²) < 4.78 is 65.7. The molecule has 1 aliphatic heterocycles. The lowest BCUT2D eigenvalue weighted by Gasteiger charge is -2.35. The van der Waals surface area contributed by atoms with Crippen LogP contribution in [-0.2, 0) is 14.8 Å². The van der Waals surface area contributed by atoms with Gasteiger partial charge in [0.05, 0.1) is 0 Å². The molecule has 0 aromatic rings. The smallest absolute Gasteiger partial charge is 0.518 e. The number of halogens is 3. The molecule has 0 radical (unpaired) electrons. The van der Waals surface area contributed by atoms with Gasteiger partial charge in [-0.15, -0.1) is 0 Å². The first-order valence-electron chi connectivity index (χ1n) is 6.79. The zero-order valence-electron chi connectivity index (χ0n) is 12.9. The number of likely N-dealkylation sites (tertiary alicyclic amines) is 1. The molecule has 1 aliphatic rings. The fourth-order valence-electron chi connectivity index (χ4n) is 1.88. The highest BCUT2D eigenvalue weighted by Gasteiger charge is 2.46. The summed E-state index contributed by atoms with van der Waals surface area (Å²) in [6, 6.07) is 0. The van der Waals surface area contributed by atoms with Gasteiger partial charge in [0.15, 0.2) is 0 Å². The summed E-state index contributed by atoms with van der Waals surface area (Å²) in [6.07, 6.45) is -0.549. The Bertz CT molecular complexity index is 572. The van der Waals surface area contributed by atoms with Gasteiger partial charge in [-0.2, -0.15) is 26.0 Å². The molecule has 1 rings (SSSR count). The van der Waals surface area contributed by atoms with Gasteiger partial charge in [0.2, 0.25) is 0 Å². The monoisotopic (exact) mass is 359 g/mol. The van der Waals surface area contributed by atoms with Crippen LogP contribution in [0, 0.1) is 5.92 Å². The van der Waals surface area contributed by atoms with Gasteiger partial charge >= 0.3 is 21.6 Å². The van der Waals surface area contributed by atoms with Crippen molar-refractivity contribution >= 4 is 22.0 Å². The third-order valence-electron chi connectivity index (χ3n) is 3.00. The van der Waals surface area contributed by atoms with Crippen molar-refractivity contribution in [1.82, 2.24) is 4.90 Å². The maximum absolute atomic E-state index is 12.2. The lowest BCUT2D eigenvalue weighted by Crippen LogP contribution is -2.45. The van der Waals surface area contributed by atoms with Gasteiger partial charge in [-0.3, -0.25) is 0 Å². The first kappa shape index (κ1) is 19.5. The number of sulfonamides is 1. The largest absolute Gasteiger partial charge is 0.861 e. The van der Waals surface area contributed by atoms with Crippen LogP contribution in [0.3, 0.4) is 0 Å². The van der Waals surface area contributed by atoms with Crippen molar-refractivity contribution in [1.29, 1.82) is 0 Å². The van der Waals surface area contributed by atoms with Crippen molar-refractivity contribution in [3.8, 4) is 0 Å². The number of hydrogen-bond acceptors (Lipinski definition) is 5. The number of nitrogens with zero attached hydrogens (tertiary/aromatic N) is 2. The Morgan fingerprint density at radius 3 is 2.09 bits per heavy atom. The van der Waals surface area contributed by atoms with E-state index in [1.54, 1.807) is 20.8 Å². The van der Waals surface area contributed by atoms with Gasteiger partial charge in [0.1, 0.15) is 5.60 Å². The van der Waals surface area contributed by atoms with E-state index in [0.29, 0.717) is 0 Å². The number of amides is 1. The molecule has 23 heavy (non-hydrogen) atoms. The molecule has 0 atom stereocenters. The SMILES string of the molecule is CC(C)(C)OC(=O)N1CCC(/C([O-])=N/S(=O)(=O)C(F)(F)F)CC1. The number of carbonyl (C=O) groups is 1. The summed E-state index contributed by atoms with van der Waals surface area (Å²) in [4.78, 5) is 13.1. The molecule has 1 heterocycles. The third-order valence-corrected chi connectivity index (χ3v) is 4.00. The second-order valence-electron chi connectivity index (χ2n) is 6.09. The Labute approximate surface area is 132 Å². The minimum Gasteiger partial charge on any atom is -0.861 e. The summed E-state index contributed by atoms with van der Waals surface area (Å²) in [6.45, 7) is 5.20. The fraction of sp³-hybridized carbons (Fsp3) is 0.833. The van der Waals surface area contributed by atoms with E-state index in [1.165, 1.54) is 4.90 Å². The molecular weight excluding hydrogens is 341 g/mol. The molecule has 1 fully saturated rings. The Balaban J connectivity index is 2.68. The van der Waals surface area contributed by atoms with Crippen LogP contribution in [0.1, 0.15) is 33.6 Å². The Morgan fingerprint density at radius 1 is 1.22 bits per heavy atom. The van der Waals surface area contributed by atoms with E-state index in [9.17, 15) is 31.5 Å². The summed E-state index contributed by atoms with van der Waals surface area (Å²) in [5, 5.41) is 11.6. The van der Waals surface area contributed by atoms with E-state index in [-0.39, 0.29) is 25.9 Å². The first-order chi connectivity index (χ1) is 10.2. The molecular formula is C12H18F3N2O5S-. The van der Waals surface area contributed by atoms with E-state index in [2.05, 4.69) is 4.40 Å². The second-order valence-corrected chi connectivity index (χ2v) is 7.69. The number of hydrogen-bond donors (Lipinski definition) is 0. The molecule has 1 saturated heterocycles. The van der Waals surface area contributed by atoms with Crippen molar-refractivity contribution in [2.75, 3.05) is 13.1 Å². The van der Waals surface area contributed by atoms with Gasteiger partial charge in [-0.1, -0.05) is 0 Å². The number of carbonyl (C=O) groups excluding carboxylic acids is 1. The lowest BCUT2D eigenvalue weighted by atomic mass is 9.97. The molecule has 0 spiro atoms. The van der Waals surface area contributed by atoms with Gasteiger partial charge < -0.3 is 14.7 Å². The maximum atomic E-state index is 12.2. The lowest BCUT2D eigenvalue weighted by molar-refractivity contribution is -0.224. The van der Waals surface area contributed by atoms with Gasteiger partial charge in [0, 0.05) is 13.1 Å². The average Bonchev–Trinajstić information content (AvgIpc) is 2.35. The van der Waals surface area contributed by atoms with Crippen LogP contribution in [0.5, 0.6) is 0 Å². The van der Waals surface area contributed by atoms with E-state index in [1.807, 2.05) is 0 Å². The quantitative estimate of drug-likeness (QED) is 0.546. The van der Waals surface area contributed by atoms with Crippen LogP contribution >= 0.6 is 0 Å². The minimum atomic E-state index is -5.83. The molecule has 0 aliphatic carbocycles. The summed E-state index contributed by atoms with van der Waals surface area (Å²) in [5.74, 6) is -2.31. The van der Waals surface area contributed by atoms with Crippen molar-refractivity contribution < 1.29 is 36.2 Å². The molecule has 1 amide bonds. The zero-order chi connectivity index (χ0) is 18.1. The highest BCUT2D eigenvalue weighted by Crippen LogP contribution is 2.26. The summed E-state index contributed by atoms with van der Waals surface area (Å²) in [7, 11) is -5.83. The molecule has 134 valence electrons. The number of ether oxygens (including phenoxy) is 1. The molecule has 0 N–H and O–H groups in total. The highest BCUT2D eigenvalue weighted by atomic mass is 32.2. The van der Waals surface area contributed by atoms with E-state index < -0.39 is 39.0 Å². The number of piperidine rings is 1. The number of rotatable bonds is 2. The molecule has 0 aromatic carbocycles. The van der Waals surface area contributed by atoms with E-state index in [4.69, 9.17) is 4.74 Å².